The number of aryl methyl sites for hydroxylation is 2. The molecule has 0 radical (unpaired) electrons. The average Bonchev–Trinajstić information content (AvgIpc) is 3.24. The molecule has 0 aromatic heterocycles. The van der Waals surface area contributed by atoms with Gasteiger partial charge in [0, 0.05) is 38.0 Å². The van der Waals surface area contributed by atoms with Gasteiger partial charge in [-0.25, -0.2) is 4.79 Å². The summed E-state index contributed by atoms with van der Waals surface area (Å²) in [6.07, 6.45) is 3.92. The van der Waals surface area contributed by atoms with E-state index in [1.807, 2.05) is 17.0 Å². The number of carbonyl (C=O) groups is 3. The standard InChI is InChI=1S/C20H24N2O5/c23-17(24)6-9-22-13-20(27-19(22)26)7-10-21(11-8-20)18(25)16-5-4-14-2-1-3-15(14)12-16/h4-5,12H,1-3,6-11,13H2,(H,23,24). The van der Waals surface area contributed by atoms with Gasteiger partial charge in [-0.1, -0.05) is 6.07 Å². The van der Waals surface area contributed by atoms with Crippen LogP contribution >= 0.6 is 0 Å². The van der Waals surface area contributed by atoms with Gasteiger partial charge >= 0.3 is 12.1 Å². The lowest BCUT2D eigenvalue weighted by Crippen LogP contribution is -2.48. The second-order valence-corrected chi connectivity index (χ2v) is 7.75. The van der Waals surface area contributed by atoms with Crippen LogP contribution in [0.2, 0.25) is 0 Å². The number of rotatable bonds is 4. The molecular formula is C20H24N2O5. The molecule has 2 saturated heterocycles. The number of amides is 2. The van der Waals surface area contributed by atoms with Gasteiger partial charge in [0.25, 0.3) is 5.91 Å². The van der Waals surface area contributed by atoms with Gasteiger partial charge in [0.2, 0.25) is 0 Å². The maximum atomic E-state index is 12.9. The number of benzene rings is 1. The molecule has 2 amide bonds. The number of nitrogens with zero attached hydrogens (tertiary/aromatic N) is 2. The average molecular weight is 372 g/mol. The van der Waals surface area contributed by atoms with E-state index in [1.54, 1.807) is 0 Å². The summed E-state index contributed by atoms with van der Waals surface area (Å²) >= 11 is 0. The minimum Gasteiger partial charge on any atom is -0.481 e. The van der Waals surface area contributed by atoms with Crippen molar-refractivity contribution in [2.45, 2.75) is 44.1 Å². The number of hydrogen-bond donors (Lipinski definition) is 1. The second-order valence-electron chi connectivity index (χ2n) is 7.75. The Morgan fingerprint density at radius 1 is 1.15 bits per heavy atom. The predicted molar refractivity (Wildman–Crippen MR) is 96.6 cm³/mol. The Morgan fingerprint density at radius 3 is 2.63 bits per heavy atom. The summed E-state index contributed by atoms with van der Waals surface area (Å²) in [5, 5.41) is 8.80. The highest BCUT2D eigenvalue weighted by Crippen LogP contribution is 2.34. The molecule has 2 aliphatic heterocycles. The number of ether oxygens (including phenoxy) is 1. The molecular weight excluding hydrogens is 348 g/mol. The largest absolute Gasteiger partial charge is 0.481 e. The van der Waals surface area contributed by atoms with Crippen molar-refractivity contribution in [3.63, 3.8) is 0 Å². The smallest absolute Gasteiger partial charge is 0.410 e. The van der Waals surface area contributed by atoms with Gasteiger partial charge in [0.15, 0.2) is 0 Å². The predicted octanol–water partition coefficient (Wildman–Crippen LogP) is 2.08. The first-order chi connectivity index (χ1) is 13.0. The van der Waals surface area contributed by atoms with Crippen molar-refractivity contribution < 1.29 is 24.2 Å². The van der Waals surface area contributed by atoms with Crippen LogP contribution < -0.4 is 0 Å². The third-order valence-electron chi connectivity index (χ3n) is 5.94. The monoisotopic (exact) mass is 372 g/mol. The van der Waals surface area contributed by atoms with E-state index in [2.05, 4.69) is 6.07 Å². The summed E-state index contributed by atoms with van der Waals surface area (Å²) < 4.78 is 5.59. The van der Waals surface area contributed by atoms with E-state index < -0.39 is 17.7 Å². The summed E-state index contributed by atoms with van der Waals surface area (Å²) in [5.41, 5.74) is 2.78. The molecule has 0 atom stereocenters. The topological polar surface area (TPSA) is 87.2 Å². The minimum atomic E-state index is -0.932. The molecule has 1 aliphatic carbocycles. The van der Waals surface area contributed by atoms with Crippen LogP contribution in [0.15, 0.2) is 18.2 Å². The van der Waals surface area contributed by atoms with Crippen LogP contribution in [0.1, 0.15) is 47.2 Å². The zero-order chi connectivity index (χ0) is 19.0. The van der Waals surface area contributed by atoms with Gasteiger partial charge in [-0.15, -0.1) is 0 Å². The number of likely N-dealkylation sites (tertiary alicyclic amines) is 1. The lowest BCUT2D eigenvalue weighted by atomic mass is 9.91. The zero-order valence-electron chi connectivity index (χ0n) is 15.3. The van der Waals surface area contributed by atoms with Crippen LogP contribution in [0.4, 0.5) is 4.79 Å². The molecule has 7 heteroatoms. The van der Waals surface area contributed by atoms with Crippen molar-refractivity contribution in [3.05, 3.63) is 34.9 Å². The number of carbonyl (C=O) groups excluding carboxylic acids is 2. The molecule has 144 valence electrons. The van der Waals surface area contributed by atoms with Gasteiger partial charge in [-0.3, -0.25) is 9.59 Å². The molecule has 2 fully saturated rings. The Labute approximate surface area is 157 Å². The van der Waals surface area contributed by atoms with E-state index in [4.69, 9.17) is 9.84 Å². The van der Waals surface area contributed by atoms with Crippen molar-refractivity contribution in [2.75, 3.05) is 26.2 Å². The molecule has 1 N–H and O–H groups in total. The summed E-state index contributed by atoms with van der Waals surface area (Å²) in [7, 11) is 0. The van der Waals surface area contributed by atoms with Crippen LogP contribution in [0.3, 0.4) is 0 Å². The fraction of sp³-hybridized carbons (Fsp3) is 0.550. The fourth-order valence-electron chi connectivity index (χ4n) is 4.36. The summed E-state index contributed by atoms with van der Waals surface area (Å²) in [6.45, 7) is 1.64. The zero-order valence-corrected chi connectivity index (χ0v) is 15.3. The summed E-state index contributed by atoms with van der Waals surface area (Å²) in [4.78, 5) is 38.9. The third kappa shape index (κ3) is 3.50. The number of hydrogen-bond acceptors (Lipinski definition) is 4. The maximum Gasteiger partial charge on any atom is 0.410 e. The van der Waals surface area contributed by atoms with Crippen LogP contribution in [-0.4, -0.2) is 64.7 Å². The Kier molecular flexibility index (Phi) is 4.53. The van der Waals surface area contributed by atoms with Crippen molar-refractivity contribution in [2.24, 2.45) is 0 Å². The van der Waals surface area contributed by atoms with E-state index in [0.29, 0.717) is 32.5 Å². The molecule has 4 rings (SSSR count). The van der Waals surface area contributed by atoms with Crippen molar-refractivity contribution in [3.8, 4) is 0 Å². The van der Waals surface area contributed by atoms with Gasteiger partial charge < -0.3 is 19.6 Å². The van der Waals surface area contributed by atoms with Gasteiger partial charge in [0.1, 0.15) is 5.60 Å². The number of carboxylic acid groups (broad SMARTS) is 1. The Balaban J connectivity index is 1.37. The van der Waals surface area contributed by atoms with E-state index >= 15 is 0 Å². The molecule has 3 aliphatic rings. The van der Waals surface area contributed by atoms with E-state index in [0.717, 1.165) is 24.8 Å². The molecule has 0 bridgehead atoms. The Bertz CT molecular complexity index is 783. The normalized spacial score (nSPS) is 20.7. The Hall–Kier alpha value is -2.57. The van der Waals surface area contributed by atoms with E-state index in [9.17, 15) is 14.4 Å². The molecule has 7 nitrogen and oxygen atoms in total. The fourth-order valence-corrected chi connectivity index (χ4v) is 4.36. The molecule has 1 aromatic carbocycles. The molecule has 27 heavy (non-hydrogen) atoms. The van der Waals surface area contributed by atoms with Gasteiger partial charge in [-0.05, 0) is 42.5 Å². The lowest BCUT2D eigenvalue weighted by molar-refractivity contribution is -0.137. The van der Waals surface area contributed by atoms with E-state index in [-0.39, 0.29) is 18.9 Å². The highest BCUT2D eigenvalue weighted by Gasteiger charge is 2.47. The van der Waals surface area contributed by atoms with Crippen LogP contribution in [0.25, 0.3) is 0 Å². The number of piperidine rings is 1. The van der Waals surface area contributed by atoms with Crippen molar-refractivity contribution >= 4 is 18.0 Å². The molecule has 1 spiro atoms. The van der Waals surface area contributed by atoms with Crippen molar-refractivity contribution in [1.82, 2.24) is 9.80 Å². The minimum absolute atomic E-state index is 0.0339. The first-order valence-electron chi connectivity index (χ1n) is 9.57. The second kappa shape index (κ2) is 6.87. The molecule has 0 unspecified atom stereocenters. The van der Waals surface area contributed by atoms with Crippen molar-refractivity contribution in [1.29, 1.82) is 0 Å². The van der Waals surface area contributed by atoms with Gasteiger partial charge in [0.05, 0.1) is 13.0 Å². The number of aliphatic carboxylic acids is 1. The summed E-state index contributed by atoms with van der Waals surface area (Å²) in [5.74, 6) is -0.898. The molecule has 1 aromatic rings. The van der Waals surface area contributed by atoms with Gasteiger partial charge in [-0.2, -0.15) is 0 Å². The summed E-state index contributed by atoms with van der Waals surface area (Å²) in [6, 6.07) is 6.01. The molecule has 2 heterocycles. The highest BCUT2D eigenvalue weighted by atomic mass is 16.6. The maximum absolute atomic E-state index is 12.9. The Morgan fingerprint density at radius 2 is 1.89 bits per heavy atom. The highest BCUT2D eigenvalue weighted by molar-refractivity contribution is 5.94. The third-order valence-corrected chi connectivity index (χ3v) is 5.94. The van der Waals surface area contributed by atoms with Crippen LogP contribution in [0.5, 0.6) is 0 Å². The quantitative estimate of drug-likeness (QED) is 0.874. The number of carboxylic acids is 1. The first kappa shape index (κ1) is 17.8. The van der Waals surface area contributed by atoms with Crippen LogP contribution in [0, 0.1) is 0 Å². The number of fused-ring (bicyclic) bond motifs is 1. The van der Waals surface area contributed by atoms with E-state index in [1.165, 1.54) is 16.0 Å². The lowest BCUT2D eigenvalue weighted by Gasteiger charge is -2.37. The SMILES string of the molecule is O=C(O)CCN1CC2(CCN(C(=O)c3ccc4c(c3)CCC4)CC2)OC1=O. The molecule has 0 saturated carbocycles. The first-order valence-corrected chi connectivity index (χ1v) is 9.57. The van der Waals surface area contributed by atoms with Crippen LogP contribution in [-0.2, 0) is 22.4 Å².